The van der Waals surface area contributed by atoms with Gasteiger partial charge in [-0.1, -0.05) is 74.9 Å². The monoisotopic (exact) mass is 538 g/mol. The highest BCUT2D eigenvalue weighted by atomic mass is 16.6. The number of methoxy groups -OCH3 is 1. The molecule has 1 unspecified atom stereocenters. The van der Waals surface area contributed by atoms with E-state index in [2.05, 4.69) is 0 Å². The Morgan fingerprint density at radius 3 is 2.21 bits per heavy atom. The summed E-state index contributed by atoms with van der Waals surface area (Å²) >= 11 is 0. The number of carboxylic acids is 1. The molecule has 0 radical (unpaired) electrons. The largest absolute Gasteiger partial charge is 0.497 e. The van der Waals surface area contributed by atoms with Crippen LogP contribution in [0, 0.1) is 0 Å². The average Bonchev–Trinajstić information content (AvgIpc) is 3.26. The third-order valence-corrected chi connectivity index (χ3v) is 6.86. The van der Waals surface area contributed by atoms with Crippen molar-refractivity contribution in [3.05, 3.63) is 71.8 Å². The van der Waals surface area contributed by atoms with Crippen LogP contribution in [0.3, 0.4) is 0 Å². The van der Waals surface area contributed by atoms with E-state index in [0.29, 0.717) is 24.4 Å². The average molecular weight is 539 g/mol. The Balaban J connectivity index is 1.46. The minimum atomic E-state index is -0.877. The Kier molecular flexibility index (Phi) is 12.9. The van der Waals surface area contributed by atoms with Crippen LogP contribution in [-0.2, 0) is 25.7 Å². The second kappa shape index (κ2) is 16.6. The third-order valence-electron chi connectivity index (χ3n) is 6.86. The van der Waals surface area contributed by atoms with E-state index in [1.807, 2.05) is 60.7 Å². The van der Waals surface area contributed by atoms with Gasteiger partial charge in [0, 0.05) is 18.4 Å². The molecule has 1 fully saturated rings. The number of allylic oxidation sites excluding steroid dienone is 1. The number of rotatable bonds is 19. The fraction of sp³-hybridized carbons (Fsp3) is 0.500. The summed E-state index contributed by atoms with van der Waals surface area (Å²) < 4.78 is 23.2. The molecule has 1 saturated heterocycles. The van der Waals surface area contributed by atoms with Gasteiger partial charge in [0.1, 0.15) is 18.1 Å². The molecular weight excluding hydrogens is 496 g/mol. The van der Waals surface area contributed by atoms with E-state index >= 15 is 0 Å². The van der Waals surface area contributed by atoms with Crippen LogP contribution in [0.25, 0.3) is 0 Å². The first-order chi connectivity index (χ1) is 19.0. The molecule has 1 heterocycles. The Morgan fingerprint density at radius 2 is 1.54 bits per heavy atom. The summed E-state index contributed by atoms with van der Waals surface area (Å²) in [4.78, 5) is 23.3. The number of carbonyl (C=O) groups excluding carboxylic acids is 1. The van der Waals surface area contributed by atoms with Crippen molar-refractivity contribution in [3.63, 3.8) is 0 Å². The van der Waals surface area contributed by atoms with Gasteiger partial charge in [0.2, 0.25) is 0 Å². The summed E-state index contributed by atoms with van der Waals surface area (Å²) in [5, 5.41) is 8.68. The van der Waals surface area contributed by atoms with Gasteiger partial charge in [-0.05, 0) is 49.1 Å². The number of cyclic esters (lactones) is 1. The van der Waals surface area contributed by atoms with Crippen LogP contribution in [0.4, 0.5) is 0 Å². The zero-order chi connectivity index (χ0) is 27.8. The van der Waals surface area contributed by atoms with Gasteiger partial charge >= 0.3 is 11.9 Å². The number of unbranched alkanes of at least 4 members (excludes halogenated alkanes) is 8. The lowest BCUT2D eigenvalue weighted by Crippen LogP contribution is -2.40. The molecule has 1 N–H and O–H groups in total. The predicted octanol–water partition coefficient (Wildman–Crippen LogP) is 6.89. The van der Waals surface area contributed by atoms with E-state index < -0.39 is 11.6 Å². The van der Waals surface area contributed by atoms with Crippen molar-refractivity contribution >= 4 is 11.9 Å². The van der Waals surface area contributed by atoms with Crippen molar-refractivity contribution in [2.45, 2.75) is 82.8 Å². The number of ether oxygens (including phenoxy) is 4. The van der Waals surface area contributed by atoms with Crippen LogP contribution < -0.4 is 9.47 Å². The molecule has 7 heteroatoms. The maximum Gasteiger partial charge on any atom is 0.334 e. The molecule has 2 aromatic carbocycles. The van der Waals surface area contributed by atoms with Gasteiger partial charge in [-0.3, -0.25) is 4.79 Å². The minimum absolute atomic E-state index is 0.198. The Labute approximate surface area is 232 Å². The Hall–Kier alpha value is -3.32. The van der Waals surface area contributed by atoms with Crippen LogP contribution in [-0.4, -0.2) is 43.0 Å². The summed E-state index contributed by atoms with van der Waals surface area (Å²) in [6, 6.07) is 17.3. The SMILES string of the molecule is COc1ccc(OCC2(COCc3ccccc3)C/C(=C/CCCCCCCCCCC(=O)O)C(=O)O2)cc1. The van der Waals surface area contributed by atoms with E-state index in [9.17, 15) is 9.59 Å². The van der Waals surface area contributed by atoms with Gasteiger partial charge < -0.3 is 24.1 Å². The molecule has 1 aliphatic heterocycles. The van der Waals surface area contributed by atoms with Crippen molar-refractivity contribution in [2.24, 2.45) is 0 Å². The Morgan fingerprint density at radius 1 is 0.897 bits per heavy atom. The highest BCUT2D eigenvalue weighted by Gasteiger charge is 2.45. The summed E-state index contributed by atoms with van der Waals surface area (Å²) in [6.07, 6.45) is 12.0. The fourth-order valence-corrected chi connectivity index (χ4v) is 4.65. The number of aliphatic carboxylic acids is 1. The molecule has 0 amide bonds. The topological polar surface area (TPSA) is 91.3 Å². The molecule has 0 saturated carbocycles. The fourth-order valence-electron chi connectivity index (χ4n) is 4.65. The molecule has 39 heavy (non-hydrogen) atoms. The van der Waals surface area contributed by atoms with Crippen molar-refractivity contribution in [1.29, 1.82) is 0 Å². The van der Waals surface area contributed by atoms with Gasteiger partial charge in [-0.25, -0.2) is 4.79 Å². The molecule has 2 aromatic rings. The third kappa shape index (κ3) is 11.1. The number of hydrogen-bond acceptors (Lipinski definition) is 6. The summed E-state index contributed by atoms with van der Waals surface area (Å²) in [5.74, 6) is 0.417. The lowest BCUT2D eigenvalue weighted by molar-refractivity contribution is -0.156. The predicted molar refractivity (Wildman–Crippen MR) is 150 cm³/mol. The van der Waals surface area contributed by atoms with E-state index in [-0.39, 0.29) is 25.6 Å². The second-order valence-electron chi connectivity index (χ2n) is 10.2. The molecule has 0 aromatic heterocycles. The molecule has 1 atom stereocenters. The summed E-state index contributed by atoms with van der Waals surface area (Å²) in [7, 11) is 1.62. The zero-order valence-corrected chi connectivity index (χ0v) is 23.1. The van der Waals surface area contributed by atoms with Gasteiger partial charge in [-0.15, -0.1) is 0 Å². The molecule has 1 aliphatic rings. The summed E-state index contributed by atoms with van der Waals surface area (Å²) in [5.41, 5.74) is 0.872. The van der Waals surface area contributed by atoms with E-state index in [0.717, 1.165) is 69.1 Å². The van der Waals surface area contributed by atoms with Crippen molar-refractivity contribution in [3.8, 4) is 11.5 Å². The number of hydrogen-bond donors (Lipinski definition) is 1. The number of carboxylic acid groups (broad SMARTS) is 1. The minimum Gasteiger partial charge on any atom is -0.497 e. The van der Waals surface area contributed by atoms with Gasteiger partial charge in [0.05, 0.1) is 20.3 Å². The van der Waals surface area contributed by atoms with Crippen molar-refractivity contribution < 1.29 is 33.6 Å². The molecule has 0 spiro atoms. The van der Waals surface area contributed by atoms with Gasteiger partial charge in [-0.2, -0.15) is 0 Å². The van der Waals surface area contributed by atoms with Crippen molar-refractivity contribution in [1.82, 2.24) is 0 Å². The Bertz CT molecular complexity index is 1030. The molecule has 0 bridgehead atoms. The van der Waals surface area contributed by atoms with E-state index in [1.165, 1.54) is 0 Å². The number of benzene rings is 2. The molecular formula is C32H42O7. The number of esters is 1. The van der Waals surface area contributed by atoms with Gasteiger partial charge in [0.25, 0.3) is 0 Å². The smallest absolute Gasteiger partial charge is 0.334 e. The normalized spacial score (nSPS) is 17.8. The summed E-state index contributed by atoms with van der Waals surface area (Å²) in [6.45, 7) is 0.874. The standard InChI is InChI=1S/C32H42O7/c1-36-28-18-20-29(21-19-28)38-25-32(24-37-23-26-14-10-9-11-15-26)22-27(31(35)39-32)16-12-7-5-3-2-4-6-8-13-17-30(33)34/h9-11,14-16,18-21H,2-8,12-13,17,22-25H2,1H3,(H,33,34)/b27-16-. The van der Waals surface area contributed by atoms with Gasteiger partial charge in [0.15, 0.2) is 5.60 Å². The van der Waals surface area contributed by atoms with E-state index in [1.54, 1.807) is 7.11 Å². The molecule has 3 rings (SSSR count). The lowest BCUT2D eigenvalue weighted by atomic mass is 9.98. The molecule has 212 valence electrons. The molecule has 7 nitrogen and oxygen atoms in total. The maximum atomic E-state index is 12.8. The van der Waals surface area contributed by atoms with Crippen molar-refractivity contribution in [2.75, 3.05) is 20.3 Å². The zero-order valence-electron chi connectivity index (χ0n) is 23.1. The first-order valence-electron chi connectivity index (χ1n) is 14.0. The second-order valence-corrected chi connectivity index (χ2v) is 10.2. The maximum absolute atomic E-state index is 12.8. The van der Waals surface area contributed by atoms with Crippen LogP contribution >= 0.6 is 0 Å². The van der Waals surface area contributed by atoms with Crippen LogP contribution in [0.1, 0.15) is 76.2 Å². The highest BCUT2D eigenvalue weighted by Crippen LogP contribution is 2.33. The van der Waals surface area contributed by atoms with Crippen LogP contribution in [0.5, 0.6) is 11.5 Å². The van der Waals surface area contributed by atoms with Crippen LogP contribution in [0.2, 0.25) is 0 Å². The van der Waals surface area contributed by atoms with E-state index in [4.69, 9.17) is 24.1 Å². The quantitative estimate of drug-likeness (QED) is 0.118. The lowest BCUT2D eigenvalue weighted by Gasteiger charge is -2.27. The highest BCUT2D eigenvalue weighted by molar-refractivity contribution is 5.91. The molecule has 0 aliphatic carbocycles. The number of carbonyl (C=O) groups is 2. The first kappa shape index (κ1) is 30.2. The first-order valence-corrected chi connectivity index (χ1v) is 14.0. The van der Waals surface area contributed by atoms with Crippen LogP contribution in [0.15, 0.2) is 66.2 Å².